The molecule has 0 amide bonds. The molecule has 1 saturated heterocycles. The van der Waals surface area contributed by atoms with Gasteiger partial charge in [0.05, 0.1) is 11.5 Å². The molecule has 1 heterocycles. The van der Waals surface area contributed by atoms with Crippen molar-refractivity contribution in [1.82, 2.24) is 9.62 Å². The van der Waals surface area contributed by atoms with Gasteiger partial charge in [0.2, 0.25) is 0 Å². The van der Waals surface area contributed by atoms with Crippen molar-refractivity contribution in [2.75, 3.05) is 6.61 Å². The molecule has 1 aliphatic heterocycles. The number of hydrogen-bond donors (Lipinski definition) is 1. The lowest BCUT2D eigenvalue weighted by atomic mass is 10.00. The quantitative estimate of drug-likeness (QED) is 0.594. The van der Waals surface area contributed by atoms with Gasteiger partial charge in [0.15, 0.2) is 11.2 Å². The highest BCUT2D eigenvalue weighted by Gasteiger charge is 2.48. The molecule has 2 aromatic rings. The van der Waals surface area contributed by atoms with E-state index in [0.717, 1.165) is 15.4 Å². The van der Waals surface area contributed by atoms with Crippen molar-refractivity contribution in [2.45, 2.75) is 37.8 Å². The minimum atomic E-state index is -3.97. The van der Waals surface area contributed by atoms with Crippen LogP contribution in [0.4, 0.5) is 0 Å². The maximum atomic E-state index is 13.4. The van der Waals surface area contributed by atoms with Gasteiger partial charge < -0.3 is 10.1 Å². The molecule has 0 radical (unpaired) electrons. The number of benzene rings is 2. The summed E-state index contributed by atoms with van der Waals surface area (Å²) >= 11 is 5.33. The molecule has 1 fully saturated rings. The summed E-state index contributed by atoms with van der Waals surface area (Å²) in [7, 11) is -3.97. The number of nitrogens with one attached hydrogen (secondary N) is 1. The molecule has 1 N–H and O–H groups in total. The van der Waals surface area contributed by atoms with Gasteiger partial charge >= 0.3 is 5.97 Å². The summed E-state index contributed by atoms with van der Waals surface area (Å²) in [6.45, 7) is 5.71. The van der Waals surface area contributed by atoms with Gasteiger partial charge in [-0.1, -0.05) is 47.5 Å². The average molecular weight is 419 g/mol. The predicted octanol–water partition coefficient (Wildman–Crippen LogP) is 2.86. The van der Waals surface area contributed by atoms with E-state index in [9.17, 15) is 13.2 Å². The van der Waals surface area contributed by atoms with E-state index in [1.165, 1.54) is 12.1 Å². The summed E-state index contributed by atoms with van der Waals surface area (Å²) in [6, 6.07) is 12.1. The Morgan fingerprint density at radius 1 is 1.07 bits per heavy atom. The minimum absolute atomic E-state index is 0.0239. The number of carbonyl (C=O) groups excluding carboxylic acids is 1. The predicted molar refractivity (Wildman–Crippen MR) is 110 cm³/mol. The van der Waals surface area contributed by atoms with Crippen LogP contribution < -0.4 is 5.32 Å². The van der Waals surface area contributed by atoms with Crippen molar-refractivity contribution >= 4 is 33.3 Å². The zero-order valence-corrected chi connectivity index (χ0v) is 17.5. The molecular formula is C20H22N2O4S2. The summed E-state index contributed by atoms with van der Waals surface area (Å²) in [5.41, 5.74) is 2.63. The Labute approximate surface area is 170 Å². The number of carbonyl (C=O) groups is 1. The smallest absolute Gasteiger partial charge is 0.331 e. The topological polar surface area (TPSA) is 75.7 Å². The first kappa shape index (κ1) is 20.3. The second-order valence-corrected chi connectivity index (χ2v) is 8.85. The third-order valence-electron chi connectivity index (χ3n) is 4.58. The van der Waals surface area contributed by atoms with Gasteiger partial charge in [0.1, 0.15) is 6.04 Å². The Hall–Kier alpha value is -2.45. The number of esters is 1. The molecule has 0 unspecified atom stereocenters. The first-order valence-corrected chi connectivity index (χ1v) is 10.8. The Morgan fingerprint density at radius 3 is 2.14 bits per heavy atom. The average Bonchev–Trinajstić information content (AvgIpc) is 3.01. The molecule has 0 aromatic heterocycles. The van der Waals surface area contributed by atoms with E-state index >= 15 is 0 Å². The number of ether oxygens (including phenoxy) is 1. The van der Waals surface area contributed by atoms with Gasteiger partial charge in [-0.05, 0) is 50.7 Å². The number of aryl methyl sites for hydroxylation is 2. The lowest BCUT2D eigenvalue weighted by Gasteiger charge is -2.27. The zero-order chi connectivity index (χ0) is 20.5. The number of thiocarbonyl (C=S) groups is 1. The Morgan fingerprint density at radius 2 is 1.61 bits per heavy atom. The largest absolute Gasteiger partial charge is 0.464 e. The summed E-state index contributed by atoms with van der Waals surface area (Å²) in [4.78, 5) is 12.6. The van der Waals surface area contributed by atoms with Gasteiger partial charge in [-0.15, -0.1) is 0 Å². The van der Waals surface area contributed by atoms with Crippen molar-refractivity contribution in [2.24, 2.45) is 0 Å². The molecule has 3 rings (SSSR count). The molecule has 0 spiro atoms. The fourth-order valence-electron chi connectivity index (χ4n) is 3.13. The first-order chi connectivity index (χ1) is 13.3. The summed E-state index contributed by atoms with van der Waals surface area (Å²) < 4.78 is 33.0. The summed E-state index contributed by atoms with van der Waals surface area (Å²) in [5.74, 6) is -0.544. The van der Waals surface area contributed by atoms with Crippen LogP contribution in [0.25, 0.3) is 0 Å². The van der Waals surface area contributed by atoms with Crippen molar-refractivity contribution in [3.8, 4) is 0 Å². The highest BCUT2D eigenvalue weighted by Crippen LogP contribution is 2.35. The van der Waals surface area contributed by atoms with Crippen molar-refractivity contribution in [3.05, 3.63) is 65.2 Å². The van der Waals surface area contributed by atoms with Crippen LogP contribution >= 0.6 is 12.2 Å². The summed E-state index contributed by atoms with van der Waals surface area (Å²) in [5, 5.41) is 2.82. The van der Waals surface area contributed by atoms with Crippen LogP contribution in [-0.4, -0.2) is 36.5 Å². The molecule has 8 heteroatoms. The molecule has 0 saturated carbocycles. The number of hydrogen-bond acceptors (Lipinski definition) is 5. The van der Waals surface area contributed by atoms with Gasteiger partial charge in [0.25, 0.3) is 10.0 Å². The molecule has 2 aromatic carbocycles. The fourth-order valence-corrected chi connectivity index (χ4v) is 5.19. The minimum Gasteiger partial charge on any atom is -0.464 e. The fraction of sp³-hybridized carbons (Fsp3) is 0.300. The van der Waals surface area contributed by atoms with E-state index in [2.05, 4.69) is 5.32 Å². The van der Waals surface area contributed by atoms with Crippen LogP contribution in [0, 0.1) is 13.8 Å². The van der Waals surface area contributed by atoms with Crippen molar-refractivity contribution in [1.29, 1.82) is 0 Å². The third kappa shape index (κ3) is 3.74. The van der Waals surface area contributed by atoms with Crippen LogP contribution in [0.5, 0.6) is 0 Å². The molecule has 2 atom stereocenters. The Bertz CT molecular complexity index is 986. The van der Waals surface area contributed by atoms with Gasteiger partial charge in [0, 0.05) is 0 Å². The second kappa shape index (κ2) is 7.89. The second-order valence-electron chi connectivity index (χ2n) is 6.65. The van der Waals surface area contributed by atoms with Gasteiger partial charge in [-0.2, -0.15) is 0 Å². The Kier molecular flexibility index (Phi) is 5.71. The lowest BCUT2D eigenvalue weighted by Crippen LogP contribution is -2.38. The van der Waals surface area contributed by atoms with Crippen LogP contribution in [0.15, 0.2) is 53.4 Å². The maximum absolute atomic E-state index is 13.4. The normalized spacial score (nSPS) is 19.4. The van der Waals surface area contributed by atoms with Crippen molar-refractivity contribution < 1.29 is 17.9 Å². The maximum Gasteiger partial charge on any atom is 0.331 e. The Balaban J connectivity index is 2.11. The van der Waals surface area contributed by atoms with E-state index in [0.29, 0.717) is 5.56 Å². The van der Waals surface area contributed by atoms with Crippen LogP contribution in [0.3, 0.4) is 0 Å². The molecule has 148 valence electrons. The van der Waals surface area contributed by atoms with Gasteiger partial charge in [-0.25, -0.2) is 17.5 Å². The number of rotatable bonds is 5. The summed E-state index contributed by atoms with van der Waals surface area (Å²) in [6.07, 6.45) is 0. The van der Waals surface area contributed by atoms with E-state index in [1.807, 2.05) is 26.0 Å². The van der Waals surface area contributed by atoms with Crippen LogP contribution in [-0.2, 0) is 19.6 Å². The SMILES string of the molecule is CCOC(=O)[C@H]1NC(=S)N(S(=O)(=O)c2ccc(C)cc2)[C@@H]1c1ccc(C)cc1. The van der Waals surface area contributed by atoms with E-state index < -0.39 is 28.1 Å². The molecular weight excluding hydrogens is 396 g/mol. The van der Waals surface area contributed by atoms with Crippen LogP contribution in [0.1, 0.15) is 29.7 Å². The van der Waals surface area contributed by atoms with Gasteiger partial charge in [-0.3, -0.25) is 0 Å². The molecule has 28 heavy (non-hydrogen) atoms. The zero-order valence-electron chi connectivity index (χ0n) is 15.9. The first-order valence-electron chi connectivity index (χ1n) is 8.90. The van der Waals surface area contributed by atoms with Crippen molar-refractivity contribution in [3.63, 3.8) is 0 Å². The number of sulfonamides is 1. The van der Waals surface area contributed by atoms with E-state index in [1.54, 1.807) is 31.2 Å². The monoisotopic (exact) mass is 418 g/mol. The van der Waals surface area contributed by atoms with E-state index in [-0.39, 0.29) is 16.6 Å². The standard InChI is InChI=1S/C20H22N2O4S2/c1-4-26-19(23)17-18(15-9-5-13(2)6-10-15)22(20(27)21-17)28(24,25)16-11-7-14(3)8-12-16/h5-12,17-18H,4H2,1-3H3,(H,21,27)/t17-,18+/m0/s1. The van der Waals surface area contributed by atoms with Crippen LogP contribution in [0.2, 0.25) is 0 Å². The lowest BCUT2D eigenvalue weighted by molar-refractivity contribution is -0.145. The number of nitrogens with zero attached hydrogens (tertiary/aromatic N) is 1. The van der Waals surface area contributed by atoms with E-state index in [4.69, 9.17) is 17.0 Å². The molecule has 0 aliphatic carbocycles. The molecule has 0 bridgehead atoms. The highest BCUT2D eigenvalue weighted by molar-refractivity contribution is 7.91. The molecule has 1 aliphatic rings. The third-order valence-corrected chi connectivity index (χ3v) is 6.81. The molecule has 6 nitrogen and oxygen atoms in total. The highest BCUT2D eigenvalue weighted by atomic mass is 32.2.